The number of rotatable bonds is 6. The van der Waals surface area contributed by atoms with Crippen molar-refractivity contribution in [1.29, 1.82) is 0 Å². The van der Waals surface area contributed by atoms with E-state index in [-0.39, 0.29) is 11.7 Å². The van der Waals surface area contributed by atoms with Crippen LogP contribution < -0.4 is 5.32 Å². The Labute approximate surface area is 187 Å². The topological polar surface area (TPSA) is 59.8 Å². The Morgan fingerprint density at radius 1 is 1.03 bits per heavy atom. The van der Waals surface area contributed by atoms with E-state index in [1.807, 2.05) is 90.5 Å². The second-order valence-corrected chi connectivity index (χ2v) is 8.49. The molecule has 0 aliphatic rings. The molecule has 0 atom stereocenters. The maximum Gasteiger partial charge on any atom is 0.234 e. The van der Waals surface area contributed by atoms with Crippen molar-refractivity contribution in [2.75, 3.05) is 11.1 Å². The number of carbonyl (C=O) groups excluding carboxylic acids is 1. The Morgan fingerprint density at radius 2 is 1.73 bits per heavy atom. The predicted octanol–water partition coefficient (Wildman–Crippen LogP) is 5.74. The van der Waals surface area contributed by atoms with Gasteiger partial charge in [0.15, 0.2) is 5.82 Å². The summed E-state index contributed by atoms with van der Waals surface area (Å²) in [6.07, 6.45) is 0. The van der Waals surface area contributed by atoms with Crippen molar-refractivity contribution in [3.8, 4) is 17.1 Å². The zero-order chi connectivity index (χ0) is 20.9. The molecule has 0 spiro atoms. The molecule has 0 saturated heterocycles. The van der Waals surface area contributed by atoms with Gasteiger partial charge in [-0.2, -0.15) is 0 Å². The minimum Gasteiger partial charge on any atom is -0.325 e. The predicted molar refractivity (Wildman–Crippen MR) is 125 cm³/mol. The normalized spacial score (nSPS) is 10.7. The molecule has 0 aliphatic carbocycles. The van der Waals surface area contributed by atoms with Gasteiger partial charge in [0.1, 0.15) is 0 Å². The number of anilines is 1. The number of benzene rings is 3. The first-order valence-corrected chi connectivity index (χ1v) is 11.1. The molecule has 7 heteroatoms. The fourth-order valence-electron chi connectivity index (χ4n) is 2.96. The zero-order valence-corrected chi connectivity index (χ0v) is 18.7. The molecule has 0 radical (unpaired) electrons. The van der Waals surface area contributed by atoms with E-state index in [0.29, 0.717) is 5.16 Å². The molecule has 3 aromatic carbocycles. The molecule has 30 heavy (non-hydrogen) atoms. The average Bonchev–Trinajstić information content (AvgIpc) is 3.20. The van der Waals surface area contributed by atoms with Crippen LogP contribution in [0.3, 0.4) is 0 Å². The molecule has 1 heterocycles. The molecule has 5 nitrogen and oxygen atoms in total. The molecule has 150 valence electrons. The Hall–Kier alpha value is -2.90. The summed E-state index contributed by atoms with van der Waals surface area (Å²) in [4.78, 5) is 17.1. The third kappa shape index (κ3) is 4.80. The monoisotopic (exact) mass is 478 g/mol. The third-order valence-electron chi connectivity index (χ3n) is 4.42. The lowest BCUT2D eigenvalue weighted by atomic mass is 10.2. The van der Waals surface area contributed by atoms with Crippen LogP contribution in [-0.2, 0) is 4.79 Å². The molecule has 4 rings (SSSR count). The summed E-state index contributed by atoms with van der Waals surface area (Å²) in [5, 5.41) is 8.15. The summed E-state index contributed by atoms with van der Waals surface area (Å²) in [5.41, 5.74) is 3.69. The minimum absolute atomic E-state index is 0.0947. The lowest BCUT2D eigenvalue weighted by Gasteiger charge is -2.07. The molecular formula is C23H19BrN4OS. The summed E-state index contributed by atoms with van der Waals surface area (Å²) in [6, 6.07) is 25.5. The molecule has 4 aromatic rings. The van der Waals surface area contributed by atoms with Crippen LogP contribution in [0.15, 0.2) is 88.5 Å². The van der Waals surface area contributed by atoms with E-state index in [1.165, 1.54) is 11.8 Å². The summed E-state index contributed by atoms with van der Waals surface area (Å²) >= 11 is 4.75. The Morgan fingerprint density at radius 3 is 2.43 bits per heavy atom. The van der Waals surface area contributed by atoms with Crippen LogP contribution in [0.4, 0.5) is 5.69 Å². The number of hydrogen-bond acceptors (Lipinski definition) is 4. The SMILES string of the molecule is Cc1cc(Br)ccc1NC(=O)CSc1nc(-c2ccccc2)n(-c2ccccc2)n1. The number of hydrogen-bond donors (Lipinski definition) is 1. The van der Waals surface area contributed by atoms with Gasteiger partial charge in [-0.25, -0.2) is 9.67 Å². The van der Waals surface area contributed by atoms with Crippen LogP contribution in [-0.4, -0.2) is 26.4 Å². The number of amides is 1. The van der Waals surface area contributed by atoms with E-state index in [9.17, 15) is 4.79 Å². The molecule has 0 bridgehead atoms. The lowest BCUT2D eigenvalue weighted by Crippen LogP contribution is -2.14. The summed E-state index contributed by atoms with van der Waals surface area (Å²) in [5.74, 6) is 0.874. The van der Waals surface area contributed by atoms with Crippen LogP contribution in [0.2, 0.25) is 0 Å². The highest BCUT2D eigenvalue weighted by Crippen LogP contribution is 2.25. The second kappa shape index (κ2) is 9.28. The quantitative estimate of drug-likeness (QED) is 0.359. The summed E-state index contributed by atoms with van der Waals surface area (Å²) in [6.45, 7) is 1.96. The highest BCUT2D eigenvalue weighted by atomic mass is 79.9. The van der Waals surface area contributed by atoms with Crippen LogP contribution in [0.1, 0.15) is 5.56 Å². The molecule has 0 aliphatic heterocycles. The Balaban J connectivity index is 1.53. The van der Waals surface area contributed by atoms with Crippen LogP contribution >= 0.6 is 27.7 Å². The van der Waals surface area contributed by atoms with Gasteiger partial charge in [0.2, 0.25) is 11.1 Å². The molecule has 1 aromatic heterocycles. The molecular weight excluding hydrogens is 460 g/mol. The van der Waals surface area contributed by atoms with Gasteiger partial charge in [-0.1, -0.05) is 76.2 Å². The number of para-hydroxylation sites is 1. The van der Waals surface area contributed by atoms with Crippen molar-refractivity contribution in [2.24, 2.45) is 0 Å². The number of aryl methyl sites for hydroxylation is 1. The standard InChI is InChI=1S/C23H19BrN4OS/c1-16-14-18(24)12-13-20(16)25-21(29)15-30-23-26-22(17-8-4-2-5-9-17)28(27-23)19-10-6-3-7-11-19/h2-14H,15H2,1H3,(H,25,29). The molecule has 1 amide bonds. The van der Waals surface area contributed by atoms with Crippen LogP contribution in [0.25, 0.3) is 17.1 Å². The lowest BCUT2D eigenvalue weighted by molar-refractivity contribution is -0.113. The molecule has 0 unspecified atom stereocenters. The van der Waals surface area contributed by atoms with Gasteiger partial charge >= 0.3 is 0 Å². The van der Waals surface area contributed by atoms with E-state index in [1.54, 1.807) is 0 Å². The largest absolute Gasteiger partial charge is 0.325 e. The van der Waals surface area contributed by atoms with Crippen LogP contribution in [0.5, 0.6) is 0 Å². The van der Waals surface area contributed by atoms with Gasteiger partial charge in [-0.05, 0) is 42.8 Å². The number of nitrogens with one attached hydrogen (secondary N) is 1. The van der Waals surface area contributed by atoms with Gasteiger partial charge in [-0.15, -0.1) is 5.10 Å². The van der Waals surface area contributed by atoms with E-state index in [4.69, 9.17) is 4.98 Å². The van der Waals surface area contributed by atoms with E-state index < -0.39 is 0 Å². The first-order chi connectivity index (χ1) is 14.6. The van der Waals surface area contributed by atoms with Crippen molar-refractivity contribution < 1.29 is 4.79 Å². The third-order valence-corrected chi connectivity index (χ3v) is 5.75. The number of carbonyl (C=O) groups is 1. The fourth-order valence-corrected chi connectivity index (χ4v) is 4.06. The number of thioether (sulfide) groups is 1. The van der Waals surface area contributed by atoms with Crippen LogP contribution in [0, 0.1) is 6.92 Å². The van der Waals surface area contributed by atoms with E-state index in [0.717, 1.165) is 32.8 Å². The Bertz CT molecular complexity index is 1110. The number of aromatic nitrogens is 3. The van der Waals surface area contributed by atoms with Crippen molar-refractivity contribution in [3.63, 3.8) is 0 Å². The van der Waals surface area contributed by atoms with Crippen molar-refractivity contribution in [1.82, 2.24) is 14.8 Å². The smallest absolute Gasteiger partial charge is 0.234 e. The van der Waals surface area contributed by atoms with Gasteiger partial charge in [-0.3, -0.25) is 4.79 Å². The summed E-state index contributed by atoms with van der Waals surface area (Å²) in [7, 11) is 0. The highest BCUT2D eigenvalue weighted by Gasteiger charge is 2.15. The molecule has 1 N–H and O–H groups in total. The van der Waals surface area contributed by atoms with E-state index >= 15 is 0 Å². The number of halogens is 1. The first kappa shape index (κ1) is 20.4. The zero-order valence-electron chi connectivity index (χ0n) is 16.2. The van der Waals surface area contributed by atoms with Gasteiger partial charge in [0.25, 0.3) is 0 Å². The second-order valence-electron chi connectivity index (χ2n) is 6.63. The fraction of sp³-hybridized carbons (Fsp3) is 0.0870. The Kier molecular flexibility index (Phi) is 6.30. The van der Waals surface area contributed by atoms with Gasteiger partial charge < -0.3 is 5.32 Å². The highest BCUT2D eigenvalue weighted by molar-refractivity contribution is 9.10. The van der Waals surface area contributed by atoms with Crippen molar-refractivity contribution in [2.45, 2.75) is 12.1 Å². The van der Waals surface area contributed by atoms with Gasteiger partial charge in [0, 0.05) is 15.7 Å². The first-order valence-electron chi connectivity index (χ1n) is 9.37. The average molecular weight is 479 g/mol. The maximum atomic E-state index is 12.4. The maximum absolute atomic E-state index is 12.4. The molecule has 0 saturated carbocycles. The van der Waals surface area contributed by atoms with Crippen molar-refractivity contribution in [3.05, 3.63) is 88.9 Å². The summed E-state index contributed by atoms with van der Waals surface area (Å²) < 4.78 is 2.80. The van der Waals surface area contributed by atoms with E-state index in [2.05, 4.69) is 26.3 Å². The molecule has 0 fully saturated rings. The number of nitrogens with zero attached hydrogens (tertiary/aromatic N) is 3. The van der Waals surface area contributed by atoms with Crippen molar-refractivity contribution >= 4 is 39.3 Å². The minimum atomic E-state index is -0.0947. The van der Waals surface area contributed by atoms with Gasteiger partial charge in [0.05, 0.1) is 11.4 Å².